The minimum absolute atomic E-state index is 0.552. The van der Waals surface area contributed by atoms with Gasteiger partial charge in [-0.25, -0.2) is 5.53 Å². The van der Waals surface area contributed by atoms with Crippen molar-refractivity contribution in [2.24, 2.45) is 10.2 Å². The SMILES string of the molecule is N#Cc1ccc(C2CCN(C3=NN4NNN=C4C=C3)CC2)cc1. The molecule has 7 heteroatoms. The highest BCUT2D eigenvalue weighted by Crippen LogP contribution is 2.28. The molecule has 0 unspecified atom stereocenters. The molecule has 3 aliphatic heterocycles. The number of benzene rings is 1. The second-order valence-corrected chi connectivity index (χ2v) is 5.79. The molecule has 3 heterocycles. The maximum absolute atomic E-state index is 8.88. The predicted octanol–water partition coefficient (Wildman–Crippen LogP) is 1.26. The summed E-state index contributed by atoms with van der Waals surface area (Å²) in [6, 6.07) is 10.1. The third-order valence-corrected chi connectivity index (χ3v) is 4.46. The van der Waals surface area contributed by atoms with Crippen LogP contribution in [-0.2, 0) is 0 Å². The predicted molar refractivity (Wildman–Crippen MR) is 86.8 cm³/mol. The molecule has 0 aliphatic carbocycles. The molecule has 0 amide bonds. The Hall–Kier alpha value is -2.85. The van der Waals surface area contributed by atoms with Gasteiger partial charge >= 0.3 is 0 Å². The molecule has 0 atom stereocenters. The molecule has 1 aromatic carbocycles. The summed E-state index contributed by atoms with van der Waals surface area (Å²) in [7, 11) is 0. The molecular weight excluding hydrogens is 290 g/mol. The van der Waals surface area contributed by atoms with Crippen LogP contribution in [0, 0.1) is 11.3 Å². The molecule has 1 saturated heterocycles. The van der Waals surface area contributed by atoms with Gasteiger partial charge in [0.25, 0.3) is 0 Å². The Balaban J connectivity index is 1.40. The van der Waals surface area contributed by atoms with Crippen molar-refractivity contribution in [1.29, 1.82) is 5.26 Å². The molecule has 116 valence electrons. The number of nitrogens with zero attached hydrogens (tertiary/aromatic N) is 5. The molecule has 0 bridgehead atoms. The van der Waals surface area contributed by atoms with Gasteiger partial charge in [0.2, 0.25) is 0 Å². The topological polar surface area (TPSA) is 79.0 Å². The summed E-state index contributed by atoms with van der Waals surface area (Å²) in [6.07, 6.45) is 6.13. The van der Waals surface area contributed by atoms with E-state index in [1.54, 1.807) is 5.12 Å². The first-order valence-electron chi connectivity index (χ1n) is 7.73. The van der Waals surface area contributed by atoms with Gasteiger partial charge < -0.3 is 4.90 Å². The smallest absolute Gasteiger partial charge is 0.189 e. The second-order valence-electron chi connectivity index (χ2n) is 5.79. The van der Waals surface area contributed by atoms with Gasteiger partial charge in [0, 0.05) is 13.1 Å². The standard InChI is InChI=1S/C16H17N7/c17-11-12-1-3-13(4-2-12)14-7-9-22(10-8-14)16-6-5-15-18-20-21-23(15)19-16/h1-6,14,20-21H,7-10H2. The van der Waals surface area contributed by atoms with Crippen molar-refractivity contribution in [2.45, 2.75) is 18.8 Å². The molecule has 3 aliphatic rings. The van der Waals surface area contributed by atoms with E-state index < -0.39 is 0 Å². The van der Waals surface area contributed by atoms with E-state index in [1.807, 2.05) is 24.3 Å². The summed E-state index contributed by atoms with van der Waals surface area (Å²) in [5.41, 5.74) is 7.59. The minimum Gasteiger partial charge on any atom is -0.355 e. The molecule has 0 spiro atoms. The normalized spacial score (nSPS) is 20.5. The zero-order chi connectivity index (χ0) is 15.6. The van der Waals surface area contributed by atoms with Crippen LogP contribution in [0.2, 0.25) is 0 Å². The Morgan fingerprint density at radius 1 is 1.09 bits per heavy atom. The van der Waals surface area contributed by atoms with Crippen molar-refractivity contribution in [3.8, 4) is 6.07 Å². The van der Waals surface area contributed by atoms with Gasteiger partial charge in [0.1, 0.15) is 0 Å². The van der Waals surface area contributed by atoms with Crippen LogP contribution in [0.1, 0.15) is 29.9 Å². The van der Waals surface area contributed by atoms with Gasteiger partial charge in [-0.3, -0.25) is 0 Å². The number of piperidine rings is 1. The quantitative estimate of drug-likeness (QED) is 0.816. The van der Waals surface area contributed by atoms with Crippen molar-refractivity contribution in [1.82, 2.24) is 21.1 Å². The number of likely N-dealkylation sites (tertiary alicyclic amines) is 1. The molecule has 0 aromatic heterocycles. The summed E-state index contributed by atoms with van der Waals surface area (Å²) >= 11 is 0. The molecule has 4 rings (SSSR count). The molecule has 1 aromatic rings. The van der Waals surface area contributed by atoms with Crippen LogP contribution in [0.4, 0.5) is 0 Å². The first-order chi connectivity index (χ1) is 11.3. The minimum atomic E-state index is 0.552. The van der Waals surface area contributed by atoms with Crippen LogP contribution in [0.25, 0.3) is 0 Å². The average Bonchev–Trinajstić information content (AvgIpc) is 3.10. The number of amidine groups is 2. The summed E-state index contributed by atoms with van der Waals surface area (Å²) < 4.78 is 0. The van der Waals surface area contributed by atoms with Crippen molar-refractivity contribution in [3.63, 3.8) is 0 Å². The van der Waals surface area contributed by atoms with E-state index in [4.69, 9.17) is 5.26 Å². The number of hydrogen-bond donors (Lipinski definition) is 2. The Bertz CT molecular complexity index is 718. The van der Waals surface area contributed by atoms with E-state index in [0.717, 1.165) is 43.2 Å². The third-order valence-electron chi connectivity index (χ3n) is 4.46. The highest BCUT2D eigenvalue weighted by molar-refractivity contribution is 6.05. The highest BCUT2D eigenvalue weighted by atomic mass is 15.9. The van der Waals surface area contributed by atoms with E-state index in [9.17, 15) is 0 Å². The highest BCUT2D eigenvalue weighted by Gasteiger charge is 2.25. The molecule has 2 N–H and O–H groups in total. The number of hydrazine groups is 2. The summed E-state index contributed by atoms with van der Waals surface area (Å²) in [5.74, 6) is 2.27. The van der Waals surface area contributed by atoms with Crippen LogP contribution in [0.3, 0.4) is 0 Å². The number of hydrazone groups is 2. The monoisotopic (exact) mass is 307 g/mol. The fourth-order valence-corrected chi connectivity index (χ4v) is 3.14. The summed E-state index contributed by atoms with van der Waals surface area (Å²) in [5, 5.41) is 19.1. The maximum atomic E-state index is 8.88. The average molecular weight is 307 g/mol. The second kappa shape index (κ2) is 5.74. The Labute approximate surface area is 134 Å². The van der Waals surface area contributed by atoms with Gasteiger partial charge in [-0.1, -0.05) is 12.1 Å². The largest absolute Gasteiger partial charge is 0.355 e. The van der Waals surface area contributed by atoms with E-state index in [-0.39, 0.29) is 0 Å². The lowest BCUT2D eigenvalue weighted by Crippen LogP contribution is -2.43. The molecule has 0 saturated carbocycles. The molecular formula is C16H17N7. The Morgan fingerprint density at radius 2 is 1.83 bits per heavy atom. The van der Waals surface area contributed by atoms with E-state index in [1.165, 1.54) is 5.56 Å². The van der Waals surface area contributed by atoms with E-state index in [0.29, 0.717) is 5.92 Å². The lowest BCUT2D eigenvalue weighted by molar-refractivity contribution is 0.280. The van der Waals surface area contributed by atoms with Crippen molar-refractivity contribution in [2.75, 3.05) is 13.1 Å². The van der Waals surface area contributed by atoms with Crippen LogP contribution in [0.5, 0.6) is 0 Å². The lowest BCUT2D eigenvalue weighted by atomic mass is 9.89. The fourth-order valence-electron chi connectivity index (χ4n) is 3.14. The number of nitrogens with one attached hydrogen (secondary N) is 2. The van der Waals surface area contributed by atoms with Gasteiger partial charge in [0.15, 0.2) is 11.7 Å². The fraction of sp³-hybridized carbons (Fsp3) is 0.312. The lowest BCUT2D eigenvalue weighted by Gasteiger charge is -2.34. The van der Waals surface area contributed by atoms with Gasteiger partial charge in [-0.05, 0) is 48.6 Å². The zero-order valence-electron chi connectivity index (χ0n) is 12.6. The number of rotatable bonds is 1. The first-order valence-corrected chi connectivity index (χ1v) is 7.73. The Kier molecular flexibility index (Phi) is 3.44. The first kappa shape index (κ1) is 13.8. The third kappa shape index (κ3) is 2.64. The van der Waals surface area contributed by atoms with Crippen LogP contribution < -0.4 is 11.1 Å². The number of nitriles is 1. The van der Waals surface area contributed by atoms with Gasteiger partial charge in [-0.15, -0.1) is 15.7 Å². The van der Waals surface area contributed by atoms with Crippen molar-refractivity contribution < 1.29 is 0 Å². The molecule has 0 radical (unpaired) electrons. The van der Waals surface area contributed by atoms with Crippen molar-refractivity contribution >= 4 is 11.7 Å². The van der Waals surface area contributed by atoms with Crippen LogP contribution in [-0.4, -0.2) is 34.8 Å². The van der Waals surface area contributed by atoms with Crippen LogP contribution in [0.15, 0.2) is 46.6 Å². The van der Waals surface area contributed by atoms with E-state index >= 15 is 0 Å². The molecule has 1 fully saturated rings. The molecule has 23 heavy (non-hydrogen) atoms. The van der Waals surface area contributed by atoms with Gasteiger partial charge in [0.05, 0.1) is 11.6 Å². The van der Waals surface area contributed by atoms with Gasteiger partial charge in [-0.2, -0.15) is 10.4 Å². The zero-order valence-corrected chi connectivity index (χ0v) is 12.6. The van der Waals surface area contributed by atoms with Crippen molar-refractivity contribution in [3.05, 3.63) is 47.5 Å². The number of hydrogen-bond acceptors (Lipinski definition) is 7. The summed E-state index contributed by atoms with van der Waals surface area (Å²) in [6.45, 7) is 1.95. The van der Waals surface area contributed by atoms with Crippen LogP contribution >= 0.6 is 0 Å². The molecule has 7 nitrogen and oxygen atoms in total. The maximum Gasteiger partial charge on any atom is 0.189 e. The Morgan fingerprint density at radius 3 is 2.57 bits per heavy atom. The van der Waals surface area contributed by atoms with E-state index in [2.05, 4.69) is 44.4 Å². The summed E-state index contributed by atoms with van der Waals surface area (Å²) in [4.78, 5) is 2.30. The number of fused-ring (bicyclic) bond motifs is 1.